The minimum Gasteiger partial charge on any atom is -0.347 e. The summed E-state index contributed by atoms with van der Waals surface area (Å²) < 4.78 is 78.8. The Morgan fingerprint density at radius 3 is 2.26 bits per heavy atom. The van der Waals surface area contributed by atoms with E-state index in [1.807, 2.05) is 0 Å². The number of likely N-dealkylation sites (tertiary alicyclic amines) is 1. The van der Waals surface area contributed by atoms with Gasteiger partial charge in [-0.05, 0) is 54.7 Å². The number of H-pyrrole nitrogens is 1. The predicted molar refractivity (Wildman–Crippen MR) is 119 cm³/mol. The molecular weight excluding hydrogens is 470 g/mol. The predicted octanol–water partition coefficient (Wildman–Crippen LogP) is 6.10. The number of nitrogens with one attached hydrogen (secondary N) is 2. The lowest BCUT2D eigenvalue weighted by molar-refractivity contribution is -0.138. The zero-order valence-corrected chi connectivity index (χ0v) is 19.0. The van der Waals surface area contributed by atoms with Crippen LogP contribution in [0.25, 0.3) is 0 Å². The number of nitrogens with zero attached hydrogens (tertiary/aromatic N) is 2. The van der Waals surface area contributed by atoms with Crippen molar-refractivity contribution in [3.8, 4) is 0 Å². The summed E-state index contributed by atoms with van der Waals surface area (Å²) in [4.78, 5) is 9.25. The molecule has 0 amide bonds. The molecule has 3 aromatic rings. The molecule has 1 aromatic heterocycles. The third-order valence-electron chi connectivity index (χ3n) is 6.47. The quantitative estimate of drug-likeness (QED) is 0.406. The molecule has 0 bridgehead atoms. The van der Waals surface area contributed by atoms with Crippen LogP contribution in [-0.2, 0) is 18.9 Å². The molecule has 10 heteroatoms. The molecule has 1 unspecified atom stereocenters. The van der Waals surface area contributed by atoms with Gasteiger partial charge in [-0.15, -0.1) is 0 Å². The molecule has 1 saturated heterocycles. The van der Waals surface area contributed by atoms with Crippen LogP contribution in [0.5, 0.6) is 0 Å². The van der Waals surface area contributed by atoms with Crippen LogP contribution >= 0.6 is 0 Å². The highest BCUT2D eigenvalue weighted by Crippen LogP contribution is 2.37. The Bertz CT molecular complexity index is 1100. The van der Waals surface area contributed by atoms with E-state index in [0.717, 1.165) is 36.2 Å². The largest absolute Gasteiger partial charge is 0.416 e. The molecule has 35 heavy (non-hydrogen) atoms. The third kappa shape index (κ3) is 6.05. The zero-order valence-electron chi connectivity index (χ0n) is 19.0. The number of rotatable bonds is 6. The number of hydrogen-bond donors (Lipinski definition) is 2. The first-order chi connectivity index (χ1) is 16.5. The Balaban J connectivity index is 1.42. The maximum Gasteiger partial charge on any atom is 0.416 e. The van der Waals surface area contributed by atoms with E-state index in [1.54, 1.807) is 12.3 Å². The molecule has 0 aliphatic carbocycles. The van der Waals surface area contributed by atoms with E-state index in [2.05, 4.69) is 20.2 Å². The van der Waals surface area contributed by atoms with Crippen LogP contribution < -0.4 is 5.32 Å². The molecule has 1 aliphatic heterocycles. The molecule has 4 nitrogen and oxygen atoms in total. The highest BCUT2D eigenvalue weighted by atomic mass is 19.4. The van der Waals surface area contributed by atoms with Crippen LogP contribution in [0.4, 0.5) is 26.3 Å². The Kier molecular flexibility index (Phi) is 7.23. The van der Waals surface area contributed by atoms with Crippen LogP contribution in [0, 0.1) is 6.92 Å². The number of aromatic nitrogens is 2. The zero-order chi connectivity index (χ0) is 25.2. The van der Waals surface area contributed by atoms with Gasteiger partial charge in [0.2, 0.25) is 0 Å². The molecule has 1 atom stereocenters. The average Bonchev–Trinajstić information content (AvgIpc) is 3.33. The fourth-order valence-electron chi connectivity index (χ4n) is 4.55. The first-order valence-electron chi connectivity index (χ1n) is 11.3. The molecule has 0 radical (unpaired) electrons. The lowest BCUT2D eigenvalue weighted by atomic mass is 9.94. The third-order valence-corrected chi connectivity index (χ3v) is 6.47. The number of aryl methyl sites for hydroxylation is 1. The van der Waals surface area contributed by atoms with Crippen molar-refractivity contribution in [2.24, 2.45) is 0 Å². The molecule has 2 aromatic carbocycles. The van der Waals surface area contributed by atoms with Crippen molar-refractivity contribution >= 4 is 0 Å². The van der Waals surface area contributed by atoms with E-state index < -0.39 is 29.5 Å². The van der Waals surface area contributed by atoms with Gasteiger partial charge in [-0.2, -0.15) is 26.3 Å². The van der Waals surface area contributed by atoms with Crippen molar-refractivity contribution in [1.82, 2.24) is 20.2 Å². The summed E-state index contributed by atoms with van der Waals surface area (Å²) in [5.74, 6) is 0. The Hall–Kier alpha value is -2.85. The van der Waals surface area contributed by atoms with Gasteiger partial charge in [0.15, 0.2) is 0 Å². The van der Waals surface area contributed by atoms with Crippen molar-refractivity contribution in [1.29, 1.82) is 0 Å². The molecule has 0 spiro atoms. The van der Waals surface area contributed by atoms with E-state index in [1.165, 1.54) is 37.5 Å². The van der Waals surface area contributed by atoms with Gasteiger partial charge in [0.05, 0.1) is 29.2 Å². The molecule has 1 fully saturated rings. The van der Waals surface area contributed by atoms with Crippen molar-refractivity contribution in [2.75, 3.05) is 13.1 Å². The van der Waals surface area contributed by atoms with Gasteiger partial charge in [-0.3, -0.25) is 4.90 Å². The standard InChI is InChI=1S/C25H26F6N4/c1-16-2-5-18(12-21(16)25(29,30)31)23(22-14-32-15-34-22)35-10-8-20(9-11-35)33-13-17-3-6-19(7-4-17)24(26,27)28/h2-7,12,14-15,20,23,33H,8-11,13H2,1H3,(H,32,34). The Morgan fingerprint density at radius 2 is 1.69 bits per heavy atom. The fraction of sp³-hybridized carbons (Fsp3) is 0.400. The van der Waals surface area contributed by atoms with Gasteiger partial charge in [0.1, 0.15) is 0 Å². The smallest absolute Gasteiger partial charge is 0.347 e. The second kappa shape index (κ2) is 10.0. The maximum atomic E-state index is 13.5. The molecular formula is C25H26F6N4. The summed E-state index contributed by atoms with van der Waals surface area (Å²) >= 11 is 0. The van der Waals surface area contributed by atoms with Gasteiger partial charge in [-0.25, -0.2) is 4.98 Å². The van der Waals surface area contributed by atoms with Crippen molar-refractivity contribution in [3.05, 3.63) is 88.5 Å². The minimum atomic E-state index is -4.44. The van der Waals surface area contributed by atoms with Crippen molar-refractivity contribution in [3.63, 3.8) is 0 Å². The second-order valence-corrected chi connectivity index (χ2v) is 8.87. The maximum absolute atomic E-state index is 13.5. The fourth-order valence-corrected chi connectivity index (χ4v) is 4.55. The van der Waals surface area contributed by atoms with Crippen LogP contribution in [0.15, 0.2) is 55.0 Å². The van der Waals surface area contributed by atoms with Crippen LogP contribution in [0.3, 0.4) is 0 Å². The SMILES string of the molecule is Cc1ccc(C(c2cnc[nH]2)N2CCC(NCc3ccc(C(F)(F)F)cc3)CC2)cc1C(F)(F)F. The Morgan fingerprint density at radius 1 is 1.00 bits per heavy atom. The van der Waals surface area contributed by atoms with Gasteiger partial charge in [-0.1, -0.05) is 24.3 Å². The van der Waals surface area contributed by atoms with E-state index in [9.17, 15) is 26.3 Å². The molecule has 1 aliphatic rings. The molecule has 2 heterocycles. The minimum absolute atomic E-state index is 0.153. The molecule has 4 rings (SSSR count). The van der Waals surface area contributed by atoms with E-state index in [0.29, 0.717) is 25.2 Å². The van der Waals surface area contributed by atoms with E-state index >= 15 is 0 Å². The van der Waals surface area contributed by atoms with Gasteiger partial charge < -0.3 is 10.3 Å². The highest BCUT2D eigenvalue weighted by molar-refractivity contribution is 5.37. The highest BCUT2D eigenvalue weighted by Gasteiger charge is 2.35. The summed E-state index contributed by atoms with van der Waals surface area (Å²) in [5, 5.41) is 3.39. The average molecular weight is 496 g/mol. The Labute approximate surface area is 199 Å². The number of benzene rings is 2. The number of imidazole rings is 1. The van der Waals surface area contributed by atoms with Crippen LogP contribution in [0.2, 0.25) is 0 Å². The number of alkyl halides is 6. The number of hydrogen-bond acceptors (Lipinski definition) is 3. The van der Waals surface area contributed by atoms with E-state index in [-0.39, 0.29) is 11.6 Å². The lowest BCUT2D eigenvalue weighted by Crippen LogP contribution is -2.44. The van der Waals surface area contributed by atoms with Crippen molar-refractivity contribution < 1.29 is 26.3 Å². The summed E-state index contributed by atoms with van der Waals surface area (Å²) in [6.45, 7) is 3.18. The first kappa shape index (κ1) is 25.2. The normalized spacial score (nSPS) is 17.0. The summed E-state index contributed by atoms with van der Waals surface area (Å²) in [5.41, 5.74) is 0.879. The van der Waals surface area contributed by atoms with E-state index in [4.69, 9.17) is 0 Å². The summed E-state index contributed by atoms with van der Waals surface area (Å²) in [6, 6.07) is 9.29. The molecule has 2 N–H and O–H groups in total. The van der Waals surface area contributed by atoms with Gasteiger partial charge in [0, 0.05) is 31.9 Å². The van der Waals surface area contributed by atoms with Gasteiger partial charge >= 0.3 is 12.4 Å². The van der Waals surface area contributed by atoms with Crippen molar-refractivity contribution in [2.45, 2.75) is 50.7 Å². The van der Waals surface area contributed by atoms with Crippen LogP contribution in [0.1, 0.15) is 52.4 Å². The summed E-state index contributed by atoms with van der Waals surface area (Å²) in [6.07, 6.45) is -4.14. The van der Waals surface area contributed by atoms with Crippen LogP contribution in [-0.4, -0.2) is 34.0 Å². The van der Waals surface area contributed by atoms with Gasteiger partial charge in [0.25, 0.3) is 0 Å². The summed E-state index contributed by atoms with van der Waals surface area (Å²) in [7, 11) is 0. The number of halogens is 6. The number of aromatic amines is 1. The second-order valence-electron chi connectivity index (χ2n) is 8.87. The molecule has 0 saturated carbocycles. The number of piperidine rings is 1. The monoisotopic (exact) mass is 496 g/mol. The topological polar surface area (TPSA) is 44.0 Å². The molecule has 188 valence electrons. The lowest BCUT2D eigenvalue weighted by Gasteiger charge is -2.38. The first-order valence-corrected chi connectivity index (χ1v) is 11.3.